The van der Waals surface area contributed by atoms with Crippen LogP contribution in [-0.4, -0.2) is 0 Å². The Hall–Kier alpha value is -3.21. The van der Waals surface area contributed by atoms with Crippen molar-refractivity contribution < 1.29 is 8.81 Å². The van der Waals surface area contributed by atoms with Crippen molar-refractivity contribution in [2.75, 3.05) is 0 Å². The first kappa shape index (κ1) is 20.0. The van der Waals surface area contributed by atoms with E-state index in [2.05, 4.69) is 86.5 Å². The van der Waals surface area contributed by atoms with Gasteiger partial charge in [0.2, 0.25) is 0 Å². The molecule has 1 atom stereocenters. The van der Waals surface area contributed by atoms with Gasteiger partial charge in [-0.3, -0.25) is 0 Å². The number of hydrogen-bond acceptors (Lipinski definition) is 1. The summed E-state index contributed by atoms with van der Waals surface area (Å²) in [5.74, 6) is -0.232. The van der Waals surface area contributed by atoms with Gasteiger partial charge in [0, 0.05) is 25.3 Å². The van der Waals surface area contributed by atoms with E-state index in [0.717, 1.165) is 69.8 Å². The molecule has 1 aromatic heterocycles. The molecule has 166 valence electrons. The van der Waals surface area contributed by atoms with Crippen LogP contribution in [0, 0.1) is 5.82 Å². The molecule has 0 fully saturated rings. The van der Waals surface area contributed by atoms with Crippen molar-refractivity contribution in [1.29, 1.82) is 0 Å². The predicted octanol–water partition coefficient (Wildman–Crippen LogP) is 9.59. The van der Waals surface area contributed by atoms with Gasteiger partial charge in [0.25, 0.3) is 0 Å². The van der Waals surface area contributed by atoms with Gasteiger partial charge in [-0.1, -0.05) is 86.5 Å². The molecular weight excluding hydrogens is 567 g/mol. The lowest BCUT2D eigenvalue weighted by Gasteiger charge is -2.30. The first-order valence-corrected chi connectivity index (χ1v) is 13.0. The Bertz CT molecular complexity index is 1900. The smallest absolute Gasteiger partial charge is 0.144 e. The summed E-state index contributed by atoms with van der Waals surface area (Å²) in [5, 5.41) is 2.14. The zero-order valence-corrected chi connectivity index (χ0v) is 21.4. The molecular formula is C31H15Br2FO. The molecule has 35 heavy (non-hydrogen) atoms. The fourth-order valence-corrected chi connectivity index (χ4v) is 7.42. The van der Waals surface area contributed by atoms with E-state index in [1.54, 1.807) is 12.1 Å². The highest BCUT2D eigenvalue weighted by atomic mass is 79.9. The number of rotatable bonds is 0. The topological polar surface area (TPSA) is 13.1 Å². The predicted molar refractivity (Wildman–Crippen MR) is 145 cm³/mol. The summed E-state index contributed by atoms with van der Waals surface area (Å²) < 4.78 is 23.4. The van der Waals surface area contributed by atoms with Gasteiger partial charge in [0.05, 0.1) is 5.41 Å². The van der Waals surface area contributed by atoms with E-state index < -0.39 is 5.41 Å². The maximum Gasteiger partial charge on any atom is 0.144 e. The quantitative estimate of drug-likeness (QED) is 0.174. The summed E-state index contributed by atoms with van der Waals surface area (Å²) in [6, 6.07) is 30.5. The minimum absolute atomic E-state index is 0.232. The molecule has 8 rings (SSSR count). The number of fused-ring (bicyclic) bond motifs is 14. The second-order valence-electron chi connectivity index (χ2n) is 9.26. The summed E-state index contributed by atoms with van der Waals surface area (Å²) in [5.41, 5.74) is 9.87. The summed E-state index contributed by atoms with van der Waals surface area (Å²) in [7, 11) is 0. The Balaban J connectivity index is 1.65. The number of furan rings is 1. The van der Waals surface area contributed by atoms with Gasteiger partial charge in [-0.05, 0) is 75.3 Å². The van der Waals surface area contributed by atoms with Crippen molar-refractivity contribution in [3.63, 3.8) is 0 Å². The molecule has 6 aromatic rings. The van der Waals surface area contributed by atoms with Gasteiger partial charge in [-0.25, -0.2) is 4.39 Å². The summed E-state index contributed by atoms with van der Waals surface area (Å²) in [4.78, 5) is 0. The van der Waals surface area contributed by atoms with Crippen LogP contribution in [0.2, 0.25) is 0 Å². The van der Waals surface area contributed by atoms with Crippen LogP contribution in [0.4, 0.5) is 4.39 Å². The van der Waals surface area contributed by atoms with Gasteiger partial charge in [0.15, 0.2) is 0 Å². The Morgan fingerprint density at radius 3 is 2.31 bits per heavy atom. The van der Waals surface area contributed by atoms with Crippen LogP contribution in [0.1, 0.15) is 22.3 Å². The molecule has 0 aliphatic heterocycles. The molecule has 1 unspecified atom stereocenters. The van der Waals surface area contributed by atoms with Crippen molar-refractivity contribution in [1.82, 2.24) is 0 Å². The summed E-state index contributed by atoms with van der Waals surface area (Å²) >= 11 is 7.61. The third kappa shape index (κ3) is 2.32. The van der Waals surface area contributed by atoms with Gasteiger partial charge in [-0.15, -0.1) is 0 Å². The minimum Gasteiger partial charge on any atom is -0.455 e. The summed E-state index contributed by atoms with van der Waals surface area (Å²) in [6.45, 7) is 0. The van der Waals surface area contributed by atoms with Gasteiger partial charge < -0.3 is 4.42 Å². The molecule has 0 radical (unpaired) electrons. The molecule has 0 amide bonds. The van der Waals surface area contributed by atoms with Crippen LogP contribution in [0.25, 0.3) is 44.2 Å². The van der Waals surface area contributed by atoms with Crippen molar-refractivity contribution in [3.8, 4) is 22.3 Å². The highest BCUT2D eigenvalue weighted by Gasteiger charge is 2.53. The molecule has 1 spiro atoms. The third-order valence-electron chi connectivity index (χ3n) is 7.67. The van der Waals surface area contributed by atoms with E-state index >= 15 is 0 Å². The molecule has 4 heteroatoms. The molecule has 2 aliphatic rings. The van der Waals surface area contributed by atoms with E-state index in [9.17, 15) is 4.39 Å². The van der Waals surface area contributed by atoms with Gasteiger partial charge >= 0.3 is 0 Å². The Morgan fingerprint density at radius 1 is 0.657 bits per heavy atom. The van der Waals surface area contributed by atoms with E-state index in [1.165, 1.54) is 5.56 Å². The van der Waals surface area contributed by atoms with E-state index in [-0.39, 0.29) is 5.82 Å². The number of halogens is 3. The van der Waals surface area contributed by atoms with Crippen LogP contribution in [0.3, 0.4) is 0 Å². The SMILES string of the molecule is Fc1ccc2c(c1)C1(c3ccccc3-2)c2cc(Br)ccc2-c2c1cc(Br)c1c2oc2ccccc21. The van der Waals surface area contributed by atoms with Crippen LogP contribution >= 0.6 is 31.9 Å². The Labute approximate surface area is 217 Å². The molecule has 1 heterocycles. The lowest BCUT2D eigenvalue weighted by molar-refractivity contribution is 0.622. The average Bonchev–Trinajstić information content (AvgIpc) is 3.48. The van der Waals surface area contributed by atoms with Crippen molar-refractivity contribution >= 4 is 53.8 Å². The molecule has 0 saturated carbocycles. The van der Waals surface area contributed by atoms with Crippen molar-refractivity contribution in [3.05, 3.63) is 128 Å². The maximum absolute atomic E-state index is 14.9. The molecule has 5 aromatic carbocycles. The van der Waals surface area contributed by atoms with E-state index in [0.29, 0.717) is 0 Å². The lowest BCUT2D eigenvalue weighted by atomic mass is 9.70. The Morgan fingerprint density at radius 2 is 1.40 bits per heavy atom. The zero-order valence-electron chi connectivity index (χ0n) is 18.2. The van der Waals surface area contributed by atoms with Crippen LogP contribution in [-0.2, 0) is 5.41 Å². The van der Waals surface area contributed by atoms with Crippen LogP contribution in [0.15, 0.2) is 104 Å². The van der Waals surface area contributed by atoms with Gasteiger partial charge in [0.1, 0.15) is 17.0 Å². The monoisotopic (exact) mass is 580 g/mol. The maximum atomic E-state index is 14.9. The molecule has 0 N–H and O–H groups in total. The lowest BCUT2D eigenvalue weighted by Crippen LogP contribution is -2.26. The van der Waals surface area contributed by atoms with Crippen LogP contribution < -0.4 is 0 Å². The number of benzene rings is 5. The average molecular weight is 582 g/mol. The van der Waals surface area contributed by atoms with Crippen molar-refractivity contribution in [2.45, 2.75) is 5.41 Å². The van der Waals surface area contributed by atoms with E-state index in [4.69, 9.17) is 4.42 Å². The standard InChI is InChI=1S/C31H15Br2FO/c32-16-9-11-20-23(13-16)31(22-7-3-1-5-18(22)19-12-10-17(34)14-24(19)31)25-15-26(33)29-21-6-2-4-8-27(21)35-30(29)28(20)25/h1-15H. The molecule has 0 bridgehead atoms. The second-order valence-corrected chi connectivity index (χ2v) is 11.0. The number of para-hydroxylation sites is 1. The fraction of sp³-hybridized carbons (Fsp3) is 0.0323. The van der Waals surface area contributed by atoms with Crippen LogP contribution in [0.5, 0.6) is 0 Å². The second kappa shape index (κ2) is 6.71. The molecule has 0 saturated heterocycles. The highest BCUT2D eigenvalue weighted by Crippen LogP contribution is 2.65. The molecule has 1 nitrogen and oxygen atoms in total. The highest BCUT2D eigenvalue weighted by molar-refractivity contribution is 9.11. The third-order valence-corrected chi connectivity index (χ3v) is 8.79. The Kier molecular flexibility index (Phi) is 3.84. The first-order chi connectivity index (χ1) is 17.1. The van der Waals surface area contributed by atoms with E-state index in [1.807, 2.05) is 24.3 Å². The van der Waals surface area contributed by atoms with Gasteiger partial charge in [-0.2, -0.15) is 0 Å². The largest absolute Gasteiger partial charge is 0.455 e. The normalized spacial score (nSPS) is 17.1. The summed E-state index contributed by atoms with van der Waals surface area (Å²) in [6.07, 6.45) is 0. The van der Waals surface area contributed by atoms with Crippen molar-refractivity contribution in [2.24, 2.45) is 0 Å². The first-order valence-electron chi connectivity index (χ1n) is 11.4. The zero-order chi connectivity index (χ0) is 23.5. The minimum atomic E-state index is -0.641. The number of hydrogen-bond donors (Lipinski definition) is 0. The fourth-order valence-electron chi connectivity index (χ4n) is 6.44. The molecule has 2 aliphatic carbocycles.